The molecule has 0 aromatic carbocycles. The predicted octanol–water partition coefficient (Wildman–Crippen LogP) is 1.78. The lowest BCUT2D eigenvalue weighted by molar-refractivity contribution is -0.122. The van der Waals surface area contributed by atoms with Crippen LogP contribution in [0.15, 0.2) is 30.6 Å². The zero-order valence-electron chi connectivity index (χ0n) is 19.5. The standard InChI is InChI=1S/C22H27N7O2.CH2O2/c1-4-31-18-7-21-23-14(2)8-28(21)13-17(18)22(30)24-19-5-6-20(26-25-19)29-11-15-9-27(3)10-16(15)12-29;2-1-3/h5-8,13,15-16H,4,9-12H2,1-3H3,(H,24,25,30);1H,(H,2,3). The Bertz CT molecular complexity index is 1150. The highest BCUT2D eigenvalue weighted by molar-refractivity contribution is 6.05. The fourth-order valence-corrected chi connectivity index (χ4v) is 4.75. The number of carbonyl (C=O) groups is 2. The van der Waals surface area contributed by atoms with Crippen LogP contribution in [0.5, 0.6) is 5.75 Å². The fourth-order valence-electron chi connectivity index (χ4n) is 4.75. The molecule has 11 nitrogen and oxygen atoms in total. The highest BCUT2D eigenvalue weighted by Gasteiger charge is 2.39. The van der Waals surface area contributed by atoms with Gasteiger partial charge in [0.25, 0.3) is 12.4 Å². The van der Waals surface area contributed by atoms with Crippen LogP contribution >= 0.6 is 0 Å². The maximum atomic E-state index is 13.0. The van der Waals surface area contributed by atoms with E-state index in [1.165, 1.54) is 0 Å². The first-order valence-corrected chi connectivity index (χ1v) is 11.2. The number of nitrogens with one attached hydrogen (secondary N) is 1. The van der Waals surface area contributed by atoms with Crippen molar-refractivity contribution in [2.45, 2.75) is 13.8 Å². The van der Waals surface area contributed by atoms with Crippen LogP contribution < -0.4 is 15.0 Å². The molecule has 2 atom stereocenters. The van der Waals surface area contributed by atoms with Gasteiger partial charge in [-0.05, 0) is 44.9 Å². The number of carboxylic acid groups (broad SMARTS) is 1. The van der Waals surface area contributed by atoms with Gasteiger partial charge in [-0.15, -0.1) is 10.2 Å². The Hall–Kier alpha value is -3.73. The number of ether oxygens (including phenoxy) is 1. The Kier molecular flexibility index (Phi) is 6.92. The summed E-state index contributed by atoms with van der Waals surface area (Å²) in [7, 11) is 2.18. The summed E-state index contributed by atoms with van der Waals surface area (Å²) in [6.07, 6.45) is 3.61. The Morgan fingerprint density at radius 2 is 1.91 bits per heavy atom. The molecule has 0 radical (unpaired) electrons. The van der Waals surface area contributed by atoms with Crippen molar-refractivity contribution in [1.82, 2.24) is 24.5 Å². The van der Waals surface area contributed by atoms with E-state index in [0.717, 1.165) is 43.3 Å². The van der Waals surface area contributed by atoms with Gasteiger partial charge in [0, 0.05) is 44.6 Å². The lowest BCUT2D eigenvalue weighted by atomic mass is 10.0. The SMILES string of the molecule is CCOc1cc2nc(C)cn2cc1C(=O)Nc1ccc(N2CC3CN(C)CC3C2)nn1.O=CO. The Morgan fingerprint density at radius 3 is 2.53 bits per heavy atom. The van der Waals surface area contributed by atoms with Crippen molar-refractivity contribution in [3.63, 3.8) is 0 Å². The van der Waals surface area contributed by atoms with Crippen LogP contribution in [-0.2, 0) is 4.79 Å². The molecule has 2 aliphatic heterocycles. The first-order valence-electron chi connectivity index (χ1n) is 11.2. The molecule has 0 aliphatic carbocycles. The van der Waals surface area contributed by atoms with Crippen molar-refractivity contribution in [2.75, 3.05) is 50.1 Å². The number of anilines is 2. The quantitative estimate of drug-likeness (QED) is 0.540. The number of fused-ring (bicyclic) bond motifs is 2. The monoisotopic (exact) mass is 467 g/mol. The summed E-state index contributed by atoms with van der Waals surface area (Å²) in [5.41, 5.74) is 2.04. The van der Waals surface area contributed by atoms with Crippen LogP contribution in [0.4, 0.5) is 11.6 Å². The zero-order chi connectivity index (χ0) is 24.2. The van der Waals surface area contributed by atoms with E-state index in [-0.39, 0.29) is 12.4 Å². The number of hydrogen-bond acceptors (Lipinski definition) is 8. The molecule has 2 aliphatic rings. The summed E-state index contributed by atoms with van der Waals surface area (Å²) in [5, 5.41) is 18.3. The van der Waals surface area contributed by atoms with Crippen LogP contribution in [0.3, 0.4) is 0 Å². The van der Waals surface area contributed by atoms with E-state index in [1.54, 1.807) is 18.3 Å². The lowest BCUT2D eigenvalue weighted by Crippen LogP contribution is -2.27. The number of likely N-dealkylation sites (tertiary alicyclic amines) is 1. The van der Waals surface area contributed by atoms with Gasteiger partial charge in [-0.1, -0.05) is 0 Å². The smallest absolute Gasteiger partial charge is 0.290 e. The van der Waals surface area contributed by atoms with Gasteiger partial charge in [-0.2, -0.15) is 0 Å². The molecule has 5 rings (SSSR count). The average Bonchev–Trinajstić information content (AvgIpc) is 3.45. The number of pyridine rings is 1. The molecule has 0 spiro atoms. The fraction of sp³-hybridized carbons (Fsp3) is 0.435. The van der Waals surface area contributed by atoms with Gasteiger partial charge in [0.2, 0.25) is 0 Å². The van der Waals surface area contributed by atoms with E-state index >= 15 is 0 Å². The summed E-state index contributed by atoms with van der Waals surface area (Å²) >= 11 is 0. The maximum Gasteiger partial charge on any atom is 0.290 e. The molecule has 1 amide bonds. The second-order valence-corrected chi connectivity index (χ2v) is 8.61. The molecule has 180 valence electrons. The van der Waals surface area contributed by atoms with Gasteiger partial charge in [0.15, 0.2) is 11.6 Å². The first kappa shape index (κ1) is 23.4. The first-order chi connectivity index (χ1) is 16.4. The minimum atomic E-state index is -0.294. The van der Waals surface area contributed by atoms with Crippen LogP contribution in [0.2, 0.25) is 0 Å². The van der Waals surface area contributed by atoms with Gasteiger partial charge in [-0.25, -0.2) is 4.98 Å². The van der Waals surface area contributed by atoms with Crippen molar-refractivity contribution in [1.29, 1.82) is 0 Å². The molecular formula is C23H29N7O4. The van der Waals surface area contributed by atoms with Gasteiger partial charge < -0.3 is 29.4 Å². The summed E-state index contributed by atoms with van der Waals surface area (Å²) in [6.45, 7) is 8.32. The number of amides is 1. The van der Waals surface area contributed by atoms with E-state index in [0.29, 0.717) is 35.6 Å². The Balaban J connectivity index is 0.000000868. The normalized spacial score (nSPS) is 19.4. The molecule has 2 saturated heterocycles. The average molecular weight is 468 g/mol. The van der Waals surface area contributed by atoms with E-state index in [9.17, 15) is 4.79 Å². The molecule has 34 heavy (non-hydrogen) atoms. The number of hydrogen-bond donors (Lipinski definition) is 2. The topological polar surface area (TPSA) is 125 Å². The summed E-state index contributed by atoms with van der Waals surface area (Å²) in [6, 6.07) is 5.52. The minimum Gasteiger partial charge on any atom is -0.493 e. The van der Waals surface area contributed by atoms with Gasteiger partial charge in [-0.3, -0.25) is 9.59 Å². The van der Waals surface area contributed by atoms with E-state index in [1.807, 2.05) is 30.5 Å². The molecule has 2 N–H and O–H groups in total. The van der Waals surface area contributed by atoms with Gasteiger partial charge >= 0.3 is 0 Å². The number of nitrogens with zero attached hydrogens (tertiary/aromatic N) is 6. The highest BCUT2D eigenvalue weighted by atomic mass is 16.5. The van der Waals surface area contributed by atoms with Crippen molar-refractivity contribution >= 4 is 29.7 Å². The van der Waals surface area contributed by atoms with Crippen molar-refractivity contribution in [3.05, 3.63) is 41.9 Å². The van der Waals surface area contributed by atoms with E-state index in [2.05, 4.69) is 37.3 Å². The van der Waals surface area contributed by atoms with Crippen LogP contribution in [-0.4, -0.2) is 81.8 Å². The number of imidazole rings is 1. The molecule has 5 heterocycles. The highest BCUT2D eigenvalue weighted by Crippen LogP contribution is 2.32. The summed E-state index contributed by atoms with van der Waals surface area (Å²) in [4.78, 5) is 30.4. The molecule has 2 unspecified atom stereocenters. The third-order valence-corrected chi connectivity index (χ3v) is 6.10. The predicted molar refractivity (Wildman–Crippen MR) is 126 cm³/mol. The molecule has 0 bridgehead atoms. The molecule has 2 fully saturated rings. The second kappa shape index (κ2) is 10.0. The number of rotatable bonds is 5. The van der Waals surface area contributed by atoms with Crippen molar-refractivity contribution < 1.29 is 19.4 Å². The van der Waals surface area contributed by atoms with Gasteiger partial charge in [0.1, 0.15) is 11.4 Å². The molecular weight excluding hydrogens is 438 g/mol. The third-order valence-electron chi connectivity index (χ3n) is 6.10. The van der Waals surface area contributed by atoms with Crippen LogP contribution in [0.25, 0.3) is 5.65 Å². The third kappa shape index (κ3) is 4.93. The maximum absolute atomic E-state index is 13.0. The Morgan fingerprint density at radius 1 is 1.21 bits per heavy atom. The largest absolute Gasteiger partial charge is 0.493 e. The van der Waals surface area contributed by atoms with Crippen molar-refractivity contribution in [3.8, 4) is 5.75 Å². The summed E-state index contributed by atoms with van der Waals surface area (Å²) < 4.78 is 7.51. The van der Waals surface area contributed by atoms with Crippen molar-refractivity contribution in [2.24, 2.45) is 11.8 Å². The van der Waals surface area contributed by atoms with Gasteiger partial charge in [0.05, 0.1) is 17.9 Å². The molecule has 0 saturated carbocycles. The molecule has 11 heteroatoms. The summed E-state index contributed by atoms with van der Waals surface area (Å²) in [5.74, 6) is 2.88. The second-order valence-electron chi connectivity index (χ2n) is 8.61. The van der Waals surface area contributed by atoms with Crippen LogP contribution in [0, 0.1) is 18.8 Å². The molecule has 3 aromatic rings. The van der Waals surface area contributed by atoms with E-state index < -0.39 is 0 Å². The lowest BCUT2D eigenvalue weighted by Gasteiger charge is -2.19. The number of carbonyl (C=O) groups excluding carboxylic acids is 1. The molecule has 3 aromatic heterocycles. The van der Waals surface area contributed by atoms with E-state index in [4.69, 9.17) is 14.6 Å². The van der Waals surface area contributed by atoms with Crippen LogP contribution in [0.1, 0.15) is 23.0 Å². The zero-order valence-corrected chi connectivity index (χ0v) is 19.5. The minimum absolute atomic E-state index is 0.250. The number of aryl methyl sites for hydroxylation is 1. The Labute approximate surface area is 197 Å². The number of aromatic nitrogens is 4.